The molecule has 7 nitrogen and oxygen atoms in total. The molecule has 0 aromatic carbocycles. The maximum Gasteiger partial charge on any atom is 0.323 e. The quantitative estimate of drug-likeness (QED) is 0.566. The average molecular weight is 336 g/mol. The van der Waals surface area contributed by atoms with E-state index in [0.717, 1.165) is 0 Å². The van der Waals surface area contributed by atoms with Crippen LogP contribution in [0.15, 0.2) is 0 Å². The first kappa shape index (κ1) is 21.1. The Hall–Kier alpha value is -0.910. The van der Waals surface area contributed by atoms with Crippen LogP contribution in [0.5, 0.6) is 0 Å². The van der Waals surface area contributed by atoms with Gasteiger partial charge in [-0.15, -0.1) is 0 Å². The Bertz CT molecular complexity index is 388. The molecule has 0 fully saturated rings. The molecule has 0 saturated heterocycles. The van der Waals surface area contributed by atoms with Gasteiger partial charge in [-0.05, 0) is 55.4 Å². The Labute approximate surface area is 133 Å². The molecule has 2 atom stereocenters. The number of hydrogen-bond donors (Lipinski definition) is 2. The first-order chi connectivity index (χ1) is 9.71. The number of rotatable bonds is 6. The molecule has 0 aromatic rings. The first-order valence-electron chi connectivity index (χ1n) is 7.24. The summed E-state index contributed by atoms with van der Waals surface area (Å²) in [5.41, 5.74) is -1.22. The van der Waals surface area contributed by atoms with E-state index >= 15 is 0 Å². The minimum Gasteiger partial charge on any atom is -0.459 e. The highest BCUT2D eigenvalue weighted by Crippen LogP contribution is 2.16. The van der Waals surface area contributed by atoms with Gasteiger partial charge in [0, 0.05) is 0 Å². The predicted octanol–water partition coefficient (Wildman–Crippen LogP) is 2.02. The van der Waals surface area contributed by atoms with Crippen molar-refractivity contribution in [3.05, 3.63) is 0 Å². The number of hydrogen-bond acceptors (Lipinski definition) is 5. The second kappa shape index (κ2) is 8.09. The summed E-state index contributed by atoms with van der Waals surface area (Å²) < 4.78 is 22.3. The Kier molecular flexibility index (Phi) is 7.75. The Morgan fingerprint density at radius 1 is 0.818 bits per heavy atom. The van der Waals surface area contributed by atoms with Crippen LogP contribution in [-0.4, -0.2) is 35.2 Å². The van der Waals surface area contributed by atoms with Gasteiger partial charge in [0.2, 0.25) is 8.10 Å². The zero-order valence-electron chi connectivity index (χ0n) is 14.7. The lowest BCUT2D eigenvalue weighted by molar-refractivity contribution is -0.157. The molecule has 0 rings (SSSR count). The predicted molar refractivity (Wildman–Crippen MR) is 85.9 cm³/mol. The molecule has 2 N–H and O–H groups in total. The molecular weight excluding hydrogens is 307 g/mol. The first-order valence-corrected chi connectivity index (χ1v) is 8.65. The SMILES string of the molecule is C[C@H](N[PH](=O)N[C@@H](C)C(=O)OC(C)(C)C)C(=O)OC(C)(C)C. The largest absolute Gasteiger partial charge is 0.459 e. The van der Waals surface area contributed by atoms with Gasteiger partial charge in [-0.25, -0.2) is 10.2 Å². The second-order valence-electron chi connectivity index (χ2n) is 7.13. The van der Waals surface area contributed by atoms with Gasteiger partial charge in [-0.1, -0.05) is 0 Å². The van der Waals surface area contributed by atoms with E-state index in [9.17, 15) is 14.2 Å². The van der Waals surface area contributed by atoms with Crippen LogP contribution >= 0.6 is 8.10 Å². The molecular formula is C14H29N2O5P. The third kappa shape index (κ3) is 9.92. The number of nitrogens with one attached hydrogen (secondary N) is 2. The molecule has 0 bridgehead atoms. The summed E-state index contributed by atoms with van der Waals surface area (Å²) in [5, 5.41) is 5.21. The zero-order chi connectivity index (χ0) is 17.7. The molecule has 22 heavy (non-hydrogen) atoms. The van der Waals surface area contributed by atoms with Crippen LogP contribution in [-0.2, 0) is 23.6 Å². The van der Waals surface area contributed by atoms with Gasteiger partial charge in [-0.3, -0.25) is 14.2 Å². The van der Waals surface area contributed by atoms with Crippen molar-refractivity contribution in [3.8, 4) is 0 Å². The van der Waals surface area contributed by atoms with Crippen LogP contribution in [0, 0.1) is 0 Å². The topological polar surface area (TPSA) is 93.7 Å². The lowest BCUT2D eigenvalue weighted by atomic mass is 10.2. The van der Waals surface area contributed by atoms with Crippen molar-refractivity contribution in [2.75, 3.05) is 0 Å². The van der Waals surface area contributed by atoms with E-state index in [1.54, 1.807) is 55.4 Å². The summed E-state index contributed by atoms with van der Waals surface area (Å²) in [6, 6.07) is -1.49. The maximum absolute atomic E-state index is 12.0. The van der Waals surface area contributed by atoms with Gasteiger partial charge in [0.05, 0.1) is 0 Å². The van der Waals surface area contributed by atoms with Crippen LogP contribution in [0.2, 0.25) is 0 Å². The lowest BCUT2D eigenvalue weighted by Crippen LogP contribution is -2.41. The third-order valence-corrected chi connectivity index (χ3v) is 3.61. The molecule has 0 aliphatic rings. The Morgan fingerprint density at radius 2 is 1.09 bits per heavy atom. The smallest absolute Gasteiger partial charge is 0.323 e. The van der Waals surface area contributed by atoms with Crippen molar-refractivity contribution in [2.24, 2.45) is 0 Å². The summed E-state index contributed by atoms with van der Waals surface area (Å²) in [6.45, 7) is 13.6. The van der Waals surface area contributed by atoms with Crippen molar-refractivity contribution in [3.63, 3.8) is 0 Å². The molecule has 0 unspecified atom stereocenters. The van der Waals surface area contributed by atoms with E-state index in [2.05, 4.69) is 10.2 Å². The van der Waals surface area contributed by atoms with E-state index in [0.29, 0.717) is 0 Å². The zero-order valence-corrected chi connectivity index (χ0v) is 15.7. The average Bonchev–Trinajstić information content (AvgIpc) is 2.23. The molecule has 0 aliphatic carbocycles. The molecule has 0 saturated carbocycles. The van der Waals surface area contributed by atoms with Crippen molar-refractivity contribution >= 4 is 20.0 Å². The van der Waals surface area contributed by atoms with E-state index in [-0.39, 0.29) is 0 Å². The van der Waals surface area contributed by atoms with Gasteiger partial charge < -0.3 is 9.47 Å². The highest BCUT2D eigenvalue weighted by Gasteiger charge is 2.25. The number of esters is 2. The third-order valence-electron chi connectivity index (χ3n) is 2.22. The summed E-state index contributed by atoms with van der Waals surface area (Å²) in [6.07, 6.45) is 0. The van der Waals surface area contributed by atoms with Crippen molar-refractivity contribution < 1.29 is 23.6 Å². The second-order valence-corrected chi connectivity index (χ2v) is 8.36. The summed E-state index contributed by atoms with van der Waals surface area (Å²) >= 11 is 0. The number of carbonyl (C=O) groups excluding carboxylic acids is 2. The van der Waals surface area contributed by atoms with Crippen molar-refractivity contribution in [1.82, 2.24) is 10.2 Å². The van der Waals surface area contributed by atoms with Crippen LogP contribution in [0.4, 0.5) is 0 Å². The van der Waals surface area contributed by atoms with Crippen molar-refractivity contribution in [2.45, 2.75) is 78.7 Å². The monoisotopic (exact) mass is 336 g/mol. The van der Waals surface area contributed by atoms with E-state index < -0.39 is 43.3 Å². The van der Waals surface area contributed by atoms with E-state index in [4.69, 9.17) is 9.47 Å². The normalized spacial score (nSPS) is 15.3. The Morgan fingerprint density at radius 3 is 1.32 bits per heavy atom. The van der Waals surface area contributed by atoms with Crippen LogP contribution in [0.25, 0.3) is 0 Å². The lowest BCUT2D eigenvalue weighted by Gasteiger charge is -2.24. The fourth-order valence-electron chi connectivity index (χ4n) is 1.33. The number of carbonyl (C=O) groups is 2. The van der Waals surface area contributed by atoms with Crippen LogP contribution < -0.4 is 10.2 Å². The van der Waals surface area contributed by atoms with Gasteiger partial charge in [0.15, 0.2) is 0 Å². The molecule has 130 valence electrons. The Balaban J connectivity index is 4.39. The van der Waals surface area contributed by atoms with Crippen LogP contribution in [0.1, 0.15) is 55.4 Å². The van der Waals surface area contributed by atoms with Gasteiger partial charge in [-0.2, -0.15) is 0 Å². The van der Waals surface area contributed by atoms with Gasteiger partial charge >= 0.3 is 11.9 Å². The molecule has 0 aromatic heterocycles. The molecule has 0 heterocycles. The fourth-order valence-corrected chi connectivity index (χ4v) is 2.44. The van der Waals surface area contributed by atoms with Crippen molar-refractivity contribution in [1.29, 1.82) is 0 Å². The molecule has 0 spiro atoms. The van der Waals surface area contributed by atoms with Gasteiger partial charge in [0.25, 0.3) is 0 Å². The van der Waals surface area contributed by atoms with Gasteiger partial charge in [0.1, 0.15) is 23.3 Å². The molecule has 8 heteroatoms. The minimum atomic E-state index is -2.54. The minimum absolute atomic E-state index is 0.502. The van der Waals surface area contributed by atoms with Crippen LogP contribution in [0.3, 0.4) is 0 Å². The standard InChI is InChI=1S/C14H29N2O5P/c1-9(11(17)20-13(3,4)5)15-22(19)16-10(2)12(18)21-14(6,7)8/h9-10,22H,1-8H3,(H2,15,16,19)/t9-,10-/m0/s1. The molecule has 0 amide bonds. The summed E-state index contributed by atoms with van der Waals surface area (Å²) in [4.78, 5) is 23.5. The maximum atomic E-state index is 12.0. The number of ether oxygens (including phenoxy) is 2. The molecule has 0 radical (unpaired) electrons. The summed E-state index contributed by atoms with van der Waals surface area (Å²) in [5.74, 6) is -1.00. The highest BCUT2D eigenvalue weighted by molar-refractivity contribution is 7.40. The summed E-state index contributed by atoms with van der Waals surface area (Å²) in [7, 11) is -2.54. The van der Waals surface area contributed by atoms with E-state index in [1.807, 2.05) is 0 Å². The fraction of sp³-hybridized carbons (Fsp3) is 0.857. The highest BCUT2D eigenvalue weighted by atomic mass is 31.1. The molecule has 0 aliphatic heterocycles. The van der Waals surface area contributed by atoms with E-state index in [1.165, 1.54) is 0 Å².